The smallest absolute Gasteiger partial charge is 0.337 e. The van der Waals surface area contributed by atoms with Crippen LogP contribution in [-0.2, 0) is 11.2 Å². The zero-order valence-electron chi connectivity index (χ0n) is 18.7. The van der Waals surface area contributed by atoms with E-state index >= 15 is 0 Å². The largest absolute Gasteiger partial charge is 0.404 e. The standard InChI is InChI=1S/C27H37NO2/c1-3-5-6-7-8-9-11-15-23-18-20-26(28-22-23)30-27(29)21-19-24(14-4-2)25-16-12-10-13-17-25/h10,12-13,16-22,24H,3-9,11,14-15H2,1-2H3/b21-19+. The molecule has 0 saturated carbocycles. The molecule has 3 nitrogen and oxygen atoms in total. The summed E-state index contributed by atoms with van der Waals surface area (Å²) in [4.78, 5) is 16.5. The minimum Gasteiger partial charge on any atom is -0.404 e. The quantitative estimate of drug-likeness (QED) is 0.186. The lowest BCUT2D eigenvalue weighted by atomic mass is 9.94. The number of aromatic nitrogens is 1. The van der Waals surface area contributed by atoms with Crippen LogP contribution in [0, 0.1) is 0 Å². The van der Waals surface area contributed by atoms with Crippen LogP contribution < -0.4 is 4.74 Å². The second kappa shape index (κ2) is 14.5. The van der Waals surface area contributed by atoms with Gasteiger partial charge in [-0.25, -0.2) is 9.78 Å². The van der Waals surface area contributed by atoms with Gasteiger partial charge < -0.3 is 4.74 Å². The third-order valence-corrected chi connectivity index (χ3v) is 5.36. The molecule has 0 saturated heterocycles. The number of benzene rings is 1. The number of esters is 1. The summed E-state index contributed by atoms with van der Waals surface area (Å²) < 4.78 is 5.38. The van der Waals surface area contributed by atoms with Crippen molar-refractivity contribution in [2.75, 3.05) is 0 Å². The highest BCUT2D eigenvalue weighted by molar-refractivity contribution is 5.83. The third-order valence-electron chi connectivity index (χ3n) is 5.36. The van der Waals surface area contributed by atoms with Gasteiger partial charge in [0.05, 0.1) is 0 Å². The molecule has 0 amide bonds. The van der Waals surface area contributed by atoms with E-state index in [2.05, 4.69) is 31.0 Å². The average Bonchev–Trinajstić information content (AvgIpc) is 2.77. The van der Waals surface area contributed by atoms with Crippen LogP contribution in [0.25, 0.3) is 0 Å². The maximum Gasteiger partial charge on any atom is 0.337 e. The van der Waals surface area contributed by atoms with Gasteiger partial charge in [0.2, 0.25) is 5.88 Å². The average molecular weight is 408 g/mol. The maximum atomic E-state index is 12.2. The summed E-state index contributed by atoms with van der Waals surface area (Å²) in [5.41, 5.74) is 2.42. The number of allylic oxidation sites excluding steroid dienone is 1. The zero-order chi connectivity index (χ0) is 21.4. The fraction of sp³-hybridized carbons (Fsp3) is 0.481. The van der Waals surface area contributed by atoms with Crippen molar-refractivity contribution in [1.82, 2.24) is 4.98 Å². The Balaban J connectivity index is 1.76. The molecule has 0 aliphatic heterocycles. The van der Waals surface area contributed by atoms with E-state index in [0.29, 0.717) is 5.88 Å². The Kier molecular flexibility index (Phi) is 11.6. The fourth-order valence-electron chi connectivity index (χ4n) is 3.62. The Morgan fingerprint density at radius 3 is 2.33 bits per heavy atom. The first-order chi connectivity index (χ1) is 14.7. The summed E-state index contributed by atoms with van der Waals surface area (Å²) in [7, 11) is 0. The van der Waals surface area contributed by atoms with E-state index in [-0.39, 0.29) is 11.9 Å². The van der Waals surface area contributed by atoms with E-state index in [1.807, 2.05) is 36.5 Å². The number of carbonyl (C=O) groups excluding carboxylic acids is 1. The molecule has 0 bridgehead atoms. The first kappa shape index (κ1) is 23.9. The van der Waals surface area contributed by atoms with Gasteiger partial charge in [0, 0.05) is 24.3 Å². The Labute approximate surface area is 182 Å². The first-order valence-electron chi connectivity index (χ1n) is 11.6. The predicted octanol–water partition coefficient (Wildman–Crippen LogP) is 7.42. The molecule has 1 unspecified atom stereocenters. The minimum atomic E-state index is -0.376. The van der Waals surface area contributed by atoms with Crippen LogP contribution in [0.15, 0.2) is 60.8 Å². The van der Waals surface area contributed by atoms with Crippen LogP contribution in [0.3, 0.4) is 0 Å². The highest BCUT2D eigenvalue weighted by Crippen LogP contribution is 2.22. The van der Waals surface area contributed by atoms with Crippen molar-refractivity contribution < 1.29 is 9.53 Å². The molecule has 1 aromatic carbocycles. The van der Waals surface area contributed by atoms with Crippen molar-refractivity contribution in [3.8, 4) is 5.88 Å². The van der Waals surface area contributed by atoms with Crippen molar-refractivity contribution >= 4 is 5.97 Å². The van der Waals surface area contributed by atoms with Crippen molar-refractivity contribution in [2.24, 2.45) is 0 Å². The highest BCUT2D eigenvalue weighted by Gasteiger charge is 2.08. The lowest BCUT2D eigenvalue weighted by molar-refractivity contribution is -0.129. The molecule has 1 heterocycles. The van der Waals surface area contributed by atoms with Crippen LogP contribution in [0.2, 0.25) is 0 Å². The summed E-state index contributed by atoms with van der Waals surface area (Å²) in [5.74, 6) is 0.208. The summed E-state index contributed by atoms with van der Waals surface area (Å²) in [6.07, 6.45) is 17.5. The van der Waals surface area contributed by atoms with Crippen LogP contribution in [-0.4, -0.2) is 11.0 Å². The van der Waals surface area contributed by atoms with Gasteiger partial charge in [-0.05, 0) is 30.4 Å². The van der Waals surface area contributed by atoms with Gasteiger partial charge in [-0.1, -0.05) is 101 Å². The molecule has 2 aromatic rings. The summed E-state index contributed by atoms with van der Waals surface area (Å²) in [5, 5.41) is 0. The van der Waals surface area contributed by atoms with Gasteiger partial charge in [-0.3, -0.25) is 0 Å². The van der Waals surface area contributed by atoms with E-state index in [4.69, 9.17) is 4.74 Å². The molecule has 1 aromatic heterocycles. The summed E-state index contributed by atoms with van der Waals surface area (Å²) in [6.45, 7) is 4.40. The van der Waals surface area contributed by atoms with Crippen molar-refractivity contribution in [2.45, 2.75) is 84.0 Å². The number of pyridine rings is 1. The number of carbonyl (C=O) groups is 1. The van der Waals surface area contributed by atoms with Gasteiger partial charge in [-0.15, -0.1) is 0 Å². The van der Waals surface area contributed by atoms with Crippen LogP contribution in [0.4, 0.5) is 0 Å². The number of aryl methyl sites for hydroxylation is 1. The van der Waals surface area contributed by atoms with E-state index in [0.717, 1.165) is 19.3 Å². The van der Waals surface area contributed by atoms with Crippen molar-refractivity contribution in [3.05, 3.63) is 71.9 Å². The number of hydrogen-bond donors (Lipinski definition) is 0. The molecule has 162 valence electrons. The molecular formula is C27H37NO2. The monoisotopic (exact) mass is 407 g/mol. The fourth-order valence-corrected chi connectivity index (χ4v) is 3.62. The van der Waals surface area contributed by atoms with Crippen LogP contribution in [0.1, 0.15) is 88.7 Å². The molecule has 0 radical (unpaired) electrons. The van der Waals surface area contributed by atoms with Gasteiger partial charge in [-0.2, -0.15) is 0 Å². The summed E-state index contributed by atoms with van der Waals surface area (Å²) in [6, 6.07) is 14.1. The number of rotatable bonds is 14. The molecule has 1 atom stereocenters. The normalized spacial score (nSPS) is 12.2. The summed E-state index contributed by atoms with van der Waals surface area (Å²) >= 11 is 0. The Hall–Kier alpha value is -2.42. The maximum absolute atomic E-state index is 12.2. The second-order valence-corrected chi connectivity index (χ2v) is 7.96. The van der Waals surface area contributed by atoms with Crippen molar-refractivity contribution in [1.29, 1.82) is 0 Å². The number of unbranched alkanes of at least 4 members (excludes halogenated alkanes) is 6. The number of hydrogen-bond acceptors (Lipinski definition) is 3. The Bertz CT molecular complexity index is 737. The van der Waals surface area contributed by atoms with E-state index in [1.54, 1.807) is 6.07 Å². The van der Waals surface area contributed by atoms with Gasteiger partial charge in [0.25, 0.3) is 0 Å². The minimum absolute atomic E-state index is 0.223. The van der Waals surface area contributed by atoms with E-state index in [9.17, 15) is 4.79 Å². The topological polar surface area (TPSA) is 39.2 Å². The molecule has 0 spiro atoms. The zero-order valence-corrected chi connectivity index (χ0v) is 18.7. The molecule has 0 N–H and O–H groups in total. The number of ether oxygens (including phenoxy) is 1. The molecule has 0 aliphatic carbocycles. The Morgan fingerprint density at radius 1 is 0.933 bits per heavy atom. The SMILES string of the molecule is CCCCCCCCCc1ccc(OC(=O)/C=C/C(CCC)c2ccccc2)nc1. The first-order valence-corrected chi connectivity index (χ1v) is 11.6. The van der Waals surface area contributed by atoms with Crippen LogP contribution in [0.5, 0.6) is 5.88 Å². The Morgan fingerprint density at radius 2 is 1.67 bits per heavy atom. The van der Waals surface area contributed by atoms with Crippen molar-refractivity contribution in [3.63, 3.8) is 0 Å². The second-order valence-electron chi connectivity index (χ2n) is 7.96. The molecule has 0 fully saturated rings. The molecular weight excluding hydrogens is 370 g/mol. The lowest BCUT2D eigenvalue weighted by Crippen LogP contribution is -2.06. The lowest BCUT2D eigenvalue weighted by Gasteiger charge is -2.11. The molecule has 3 heteroatoms. The third kappa shape index (κ3) is 9.39. The van der Waals surface area contributed by atoms with Gasteiger partial charge in [0.15, 0.2) is 0 Å². The predicted molar refractivity (Wildman–Crippen MR) is 125 cm³/mol. The molecule has 0 aliphatic rings. The highest BCUT2D eigenvalue weighted by atomic mass is 16.5. The molecule has 2 rings (SSSR count). The number of nitrogens with zero attached hydrogens (tertiary/aromatic N) is 1. The van der Waals surface area contributed by atoms with Gasteiger partial charge in [0.1, 0.15) is 0 Å². The molecule has 30 heavy (non-hydrogen) atoms. The van der Waals surface area contributed by atoms with Gasteiger partial charge >= 0.3 is 5.97 Å². The van der Waals surface area contributed by atoms with Crippen LogP contribution >= 0.6 is 0 Å². The van der Waals surface area contributed by atoms with E-state index in [1.165, 1.54) is 62.1 Å². The van der Waals surface area contributed by atoms with E-state index < -0.39 is 0 Å².